The molecule has 116 valence electrons. The fourth-order valence-corrected chi connectivity index (χ4v) is 3.29. The highest BCUT2D eigenvalue weighted by Gasteiger charge is 2.23. The molecule has 0 aromatic heterocycles. The van der Waals surface area contributed by atoms with Crippen LogP contribution in [0, 0.1) is 5.92 Å². The monoisotopic (exact) mass is 311 g/mol. The lowest BCUT2D eigenvalue weighted by Gasteiger charge is -2.27. The quantitative estimate of drug-likeness (QED) is 0.880. The number of amides is 1. The van der Waals surface area contributed by atoms with E-state index in [1.165, 1.54) is 12.1 Å². The van der Waals surface area contributed by atoms with Gasteiger partial charge in [-0.05, 0) is 31.0 Å². The normalized spacial score (nSPS) is 22.8. The number of benzene rings is 1. The molecule has 0 heterocycles. The number of carbonyl (C=O) groups is 1. The van der Waals surface area contributed by atoms with Gasteiger partial charge < -0.3 is 10.4 Å². The zero-order valence-corrected chi connectivity index (χ0v) is 12.9. The van der Waals surface area contributed by atoms with Crippen molar-refractivity contribution in [3.63, 3.8) is 0 Å². The van der Waals surface area contributed by atoms with Crippen LogP contribution in [0.25, 0.3) is 0 Å². The number of aliphatic hydroxyl groups excluding tert-OH is 1. The SMILES string of the molecule is CS(=O)(=O)c1cccc(C(=O)NCC2CCCCC2O)c1. The number of carbonyl (C=O) groups excluding carboxylic acids is 1. The number of sulfone groups is 1. The van der Waals surface area contributed by atoms with Crippen molar-refractivity contribution in [2.24, 2.45) is 5.92 Å². The third-order valence-electron chi connectivity index (χ3n) is 3.92. The summed E-state index contributed by atoms with van der Waals surface area (Å²) in [6, 6.07) is 5.99. The Morgan fingerprint density at radius 2 is 2.05 bits per heavy atom. The van der Waals surface area contributed by atoms with E-state index in [0.29, 0.717) is 12.1 Å². The van der Waals surface area contributed by atoms with Crippen LogP contribution in [0.4, 0.5) is 0 Å². The van der Waals surface area contributed by atoms with Crippen molar-refractivity contribution < 1.29 is 18.3 Å². The van der Waals surface area contributed by atoms with Gasteiger partial charge in [0.2, 0.25) is 0 Å². The van der Waals surface area contributed by atoms with Gasteiger partial charge in [0.1, 0.15) is 0 Å². The first kappa shape index (κ1) is 16.0. The molecular weight excluding hydrogens is 290 g/mol. The molecule has 0 bridgehead atoms. The van der Waals surface area contributed by atoms with Gasteiger partial charge in [0, 0.05) is 24.3 Å². The first-order chi connectivity index (χ1) is 9.88. The minimum Gasteiger partial charge on any atom is -0.393 e. The molecule has 2 unspecified atom stereocenters. The molecule has 1 fully saturated rings. The van der Waals surface area contributed by atoms with Crippen LogP contribution in [0.1, 0.15) is 36.0 Å². The van der Waals surface area contributed by atoms with E-state index in [4.69, 9.17) is 0 Å². The van der Waals surface area contributed by atoms with Crippen molar-refractivity contribution in [1.29, 1.82) is 0 Å². The van der Waals surface area contributed by atoms with Gasteiger partial charge >= 0.3 is 0 Å². The van der Waals surface area contributed by atoms with Gasteiger partial charge in [-0.1, -0.05) is 18.9 Å². The first-order valence-electron chi connectivity index (χ1n) is 7.14. The molecule has 1 saturated carbocycles. The molecule has 6 heteroatoms. The molecule has 5 nitrogen and oxygen atoms in total. The van der Waals surface area contributed by atoms with Gasteiger partial charge in [0.25, 0.3) is 5.91 Å². The molecule has 1 aliphatic rings. The lowest BCUT2D eigenvalue weighted by Crippen LogP contribution is -2.36. The predicted octanol–water partition coefficient (Wildman–Crippen LogP) is 1.37. The van der Waals surface area contributed by atoms with Crippen LogP contribution in [0.5, 0.6) is 0 Å². The Balaban J connectivity index is 2.00. The van der Waals surface area contributed by atoms with Crippen molar-refractivity contribution in [3.8, 4) is 0 Å². The summed E-state index contributed by atoms with van der Waals surface area (Å²) in [4.78, 5) is 12.2. The molecular formula is C15H21NO4S. The molecule has 1 aliphatic carbocycles. The van der Waals surface area contributed by atoms with E-state index in [1.807, 2.05) is 0 Å². The van der Waals surface area contributed by atoms with Gasteiger partial charge in [-0.2, -0.15) is 0 Å². The molecule has 0 aliphatic heterocycles. The number of aliphatic hydroxyl groups is 1. The second kappa shape index (κ2) is 6.58. The molecule has 0 spiro atoms. The van der Waals surface area contributed by atoms with Crippen molar-refractivity contribution in [2.75, 3.05) is 12.8 Å². The first-order valence-corrected chi connectivity index (χ1v) is 9.03. The van der Waals surface area contributed by atoms with E-state index in [1.54, 1.807) is 12.1 Å². The average Bonchev–Trinajstić information content (AvgIpc) is 2.45. The summed E-state index contributed by atoms with van der Waals surface area (Å²) in [6.07, 6.45) is 4.54. The summed E-state index contributed by atoms with van der Waals surface area (Å²) in [6.45, 7) is 0.420. The molecule has 1 aromatic rings. The van der Waals surface area contributed by atoms with Crippen LogP contribution in [0.2, 0.25) is 0 Å². The Morgan fingerprint density at radius 1 is 1.33 bits per heavy atom. The van der Waals surface area contributed by atoms with Crippen molar-refractivity contribution in [1.82, 2.24) is 5.32 Å². The third kappa shape index (κ3) is 4.28. The Hall–Kier alpha value is -1.40. The highest BCUT2D eigenvalue weighted by Crippen LogP contribution is 2.23. The van der Waals surface area contributed by atoms with Gasteiger partial charge in [-0.3, -0.25) is 4.79 Å². The van der Waals surface area contributed by atoms with Crippen molar-refractivity contribution >= 4 is 15.7 Å². The molecule has 1 amide bonds. The zero-order chi connectivity index (χ0) is 15.5. The van der Waals surface area contributed by atoms with Gasteiger partial charge in [-0.25, -0.2) is 8.42 Å². The topological polar surface area (TPSA) is 83.5 Å². The van der Waals surface area contributed by atoms with E-state index in [9.17, 15) is 18.3 Å². The Bertz CT molecular complexity index is 612. The fraction of sp³-hybridized carbons (Fsp3) is 0.533. The summed E-state index contributed by atoms with van der Waals surface area (Å²) in [5, 5.41) is 12.7. The minimum absolute atomic E-state index is 0.0841. The summed E-state index contributed by atoms with van der Waals surface area (Å²) < 4.78 is 23.0. The van der Waals surface area contributed by atoms with E-state index in [-0.39, 0.29) is 22.8 Å². The highest BCUT2D eigenvalue weighted by atomic mass is 32.2. The molecule has 2 rings (SSSR count). The van der Waals surface area contributed by atoms with Crippen LogP contribution in [0.3, 0.4) is 0 Å². The largest absolute Gasteiger partial charge is 0.393 e. The fourth-order valence-electron chi connectivity index (χ4n) is 2.62. The summed E-state index contributed by atoms with van der Waals surface area (Å²) in [5.41, 5.74) is 0.322. The van der Waals surface area contributed by atoms with Crippen LogP contribution in [-0.2, 0) is 9.84 Å². The third-order valence-corrected chi connectivity index (χ3v) is 5.03. The Morgan fingerprint density at radius 3 is 2.71 bits per heavy atom. The number of hydrogen-bond acceptors (Lipinski definition) is 4. The minimum atomic E-state index is -3.32. The molecule has 2 N–H and O–H groups in total. The molecule has 1 aromatic carbocycles. The van der Waals surface area contributed by atoms with Gasteiger partial charge in [-0.15, -0.1) is 0 Å². The van der Waals surface area contributed by atoms with Crippen LogP contribution in [0.15, 0.2) is 29.2 Å². The highest BCUT2D eigenvalue weighted by molar-refractivity contribution is 7.90. The van der Waals surface area contributed by atoms with Crippen molar-refractivity contribution in [2.45, 2.75) is 36.7 Å². The Labute approximate surface area is 125 Å². The smallest absolute Gasteiger partial charge is 0.251 e. The molecule has 2 atom stereocenters. The van der Waals surface area contributed by atoms with Gasteiger partial charge in [0.05, 0.1) is 11.0 Å². The Kier molecular flexibility index (Phi) is 5.00. The number of hydrogen-bond donors (Lipinski definition) is 2. The van der Waals surface area contributed by atoms with Gasteiger partial charge in [0.15, 0.2) is 9.84 Å². The number of nitrogens with one attached hydrogen (secondary N) is 1. The van der Waals surface area contributed by atoms with Crippen LogP contribution < -0.4 is 5.32 Å². The molecule has 0 radical (unpaired) electrons. The molecule has 21 heavy (non-hydrogen) atoms. The summed E-state index contributed by atoms with van der Waals surface area (Å²) in [7, 11) is -3.32. The van der Waals surface area contributed by atoms with E-state index < -0.39 is 9.84 Å². The summed E-state index contributed by atoms with van der Waals surface area (Å²) >= 11 is 0. The van der Waals surface area contributed by atoms with E-state index in [0.717, 1.165) is 31.9 Å². The maximum Gasteiger partial charge on any atom is 0.251 e. The second-order valence-corrected chi connectivity index (χ2v) is 7.64. The summed E-state index contributed by atoms with van der Waals surface area (Å²) in [5.74, 6) is -0.223. The maximum absolute atomic E-state index is 12.1. The lowest BCUT2D eigenvalue weighted by molar-refractivity contribution is 0.0663. The van der Waals surface area contributed by atoms with Crippen molar-refractivity contribution in [3.05, 3.63) is 29.8 Å². The standard InChI is InChI=1S/C15H21NO4S/c1-21(19,20)13-7-4-6-11(9-13)15(18)16-10-12-5-2-3-8-14(12)17/h4,6-7,9,12,14,17H,2-3,5,8,10H2,1H3,(H,16,18). The predicted molar refractivity (Wildman–Crippen MR) is 79.8 cm³/mol. The van der Waals surface area contributed by atoms with Crippen LogP contribution >= 0.6 is 0 Å². The lowest BCUT2D eigenvalue weighted by atomic mass is 9.86. The zero-order valence-electron chi connectivity index (χ0n) is 12.1. The maximum atomic E-state index is 12.1. The second-order valence-electron chi connectivity index (χ2n) is 5.62. The van der Waals surface area contributed by atoms with E-state index >= 15 is 0 Å². The number of rotatable bonds is 4. The van der Waals surface area contributed by atoms with E-state index in [2.05, 4.69) is 5.32 Å². The average molecular weight is 311 g/mol. The molecule has 0 saturated heterocycles. The van der Waals surface area contributed by atoms with Crippen LogP contribution in [-0.4, -0.2) is 38.3 Å².